The van der Waals surface area contributed by atoms with Gasteiger partial charge in [0.1, 0.15) is 17.8 Å². The van der Waals surface area contributed by atoms with Crippen molar-refractivity contribution in [3.8, 4) is 22.6 Å². The van der Waals surface area contributed by atoms with Crippen LogP contribution in [0.5, 0.6) is 0 Å². The van der Waals surface area contributed by atoms with Gasteiger partial charge in [0.15, 0.2) is 5.58 Å². The predicted octanol–water partition coefficient (Wildman–Crippen LogP) is 5.63. The van der Waals surface area contributed by atoms with E-state index in [1.165, 1.54) is 12.1 Å². The van der Waals surface area contributed by atoms with E-state index >= 15 is 0 Å². The number of rotatable bonds is 7. The minimum atomic E-state index is -1.03. The van der Waals surface area contributed by atoms with Crippen molar-refractivity contribution in [3.05, 3.63) is 107 Å². The second-order valence-electron chi connectivity index (χ2n) is 9.89. The summed E-state index contributed by atoms with van der Waals surface area (Å²) in [6.45, 7) is 1.96. The molecular weight excluding hydrogens is 495 g/mol. The Morgan fingerprint density at radius 3 is 2.56 bits per heavy atom. The van der Waals surface area contributed by atoms with Crippen LogP contribution in [0.15, 0.2) is 83.5 Å². The van der Waals surface area contributed by atoms with E-state index in [9.17, 15) is 14.3 Å². The standard InChI is InChI=1S/C31H27FN4O3/c1-18-6-7-20(29(37)36-31(12-13-31)26-5-3-4-14-34-26)15-22(18)24-16-23-25(17-35-24)39-28(27(23)30(38)33-2)19-8-10-21(32)11-9-19/h3-11,14-17,30,33,38H,12-13H2,1-2H3,(H,36,37). The number of carbonyl (C=O) groups is 1. The van der Waals surface area contributed by atoms with Gasteiger partial charge in [-0.05, 0) is 87.0 Å². The average Bonchev–Trinajstić information content (AvgIpc) is 3.65. The van der Waals surface area contributed by atoms with Crippen molar-refractivity contribution < 1.29 is 18.7 Å². The first kappa shape index (κ1) is 24.9. The summed E-state index contributed by atoms with van der Waals surface area (Å²) in [6, 6.07) is 19.0. The molecule has 0 aliphatic heterocycles. The van der Waals surface area contributed by atoms with E-state index in [0.717, 1.165) is 29.7 Å². The van der Waals surface area contributed by atoms with Crippen LogP contribution in [-0.4, -0.2) is 28.0 Å². The molecule has 196 valence electrons. The van der Waals surface area contributed by atoms with Crippen LogP contribution in [0.1, 0.15) is 46.2 Å². The van der Waals surface area contributed by atoms with Crippen LogP contribution < -0.4 is 10.6 Å². The molecule has 1 fully saturated rings. The van der Waals surface area contributed by atoms with Crippen molar-refractivity contribution in [2.45, 2.75) is 31.5 Å². The number of aryl methyl sites for hydroxylation is 1. The molecule has 1 atom stereocenters. The molecule has 5 aromatic rings. The second kappa shape index (κ2) is 9.72. The molecule has 6 rings (SSSR count). The van der Waals surface area contributed by atoms with E-state index < -0.39 is 11.8 Å². The van der Waals surface area contributed by atoms with E-state index in [1.54, 1.807) is 31.6 Å². The lowest BCUT2D eigenvalue weighted by atomic mass is 9.99. The quantitative estimate of drug-likeness (QED) is 0.240. The minimum absolute atomic E-state index is 0.173. The largest absolute Gasteiger partial charge is 0.454 e. The second-order valence-corrected chi connectivity index (χ2v) is 9.89. The molecule has 1 aliphatic carbocycles. The summed E-state index contributed by atoms with van der Waals surface area (Å²) in [4.78, 5) is 22.4. The van der Waals surface area contributed by atoms with Gasteiger partial charge in [0.25, 0.3) is 5.91 Å². The number of pyridine rings is 2. The van der Waals surface area contributed by atoms with Gasteiger partial charge in [0, 0.05) is 33.8 Å². The van der Waals surface area contributed by atoms with Crippen molar-refractivity contribution in [2.75, 3.05) is 7.05 Å². The predicted molar refractivity (Wildman–Crippen MR) is 146 cm³/mol. The number of nitrogens with one attached hydrogen (secondary N) is 2. The van der Waals surface area contributed by atoms with E-state index in [4.69, 9.17) is 4.42 Å². The summed E-state index contributed by atoms with van der Waals surface area (Å²) in [5.74, 6) is -0.102. The molecule has 1 aliphatic rings. The van der Waals surface area contributed by atoms with Gasteiger partial charge in [-0.1, -0.05) is 12.1 Å². The van der Waals surface area contributed by atoms with Crippen LogP contribution in [-0.2, 0) is 5.54 Å². The molecule has 0 bridgehead atoms. The number of amides is 1. The maximum atomic E-state index is 13.5. The lowest BCUT2D eigenvalue weighted by molar-refractivity contribution is 0.0929. The number of aromatic nitrogens is 2. The molecular formula is C31H27FN4O3. The molecule has 3 aromatic heterocycles. The third-order valence-corrected chi connectivity index (χ3v) is 7.30. The molecule has 3 N–H and O–H groups in total. The van der Waals surface area contributed by atoms with Crippen LogP contribution in [0.2, 0.25) is 0 Å². The van der Waals surface area contributed by atoms with E-state index in [1.807, 2.05) is 49.4 Å². The maximum absolute atomic E-state index is 13.5. The molecule has 3 heterocycles. The molecule has 0 spiro atoms. The summed E-state index contributed by atoms with van der Waals surface area (Å²) in [5, 5.41) is 17.5. The fourth-order valence-electron chi connectivity index (χ4n) is 4.95. The van der Waals surface area contributed by atoms with Gasteiger partial charge >= 0.3 is 0 Å². The maximum Gasteiger partial charge on any atom is 0.252 e. The first-order chi connectivity index (χ1) is 18.9. The molecule has 39 heavy (non-hydrogen) atoms. The smallest absolute Gasteiger partial charge is 0.252 e. The Labute approximate surface area is 224 Å². The van der Waals surface area contributed by atoms with Crippen molar-refractivity contribution in [2.24, 2.45) is 0 Å². The summed E-state index contributed by atoms with van der Waals surface area (Å²) in [5.41, 5.74) is 4.99. The number of nitrogens with zero attached hydrogens (tertiary/aromatic N) is 2. The Bertz CT molecular complexity index is 1680. The monoisotopic (exact) mass is 522 g/mol. The van der Waals surface area contributed by atoms with Crippen LogP contribution in [0.3, 0.4) is 0 Å². The zero-order valence-electron chi connectivity index (χ0n) is 21.5. The van der Waals surface area contributed by atoms with Crippen LogP contribution in [0.4, 0.5) is 4.39 Å². The van der Waals surface area contributed by atoms with Gasteiger partial charge in [-0.3, -0.25) is 20.1 Å². The number of halogens is 1. The lowest BCUT2D eigenvalue weighted by Gasteiger charge is -2.17. The number of hydrogen-bond donors (Lipinski definition) is 3. The van der Waals surface area contributed by atoms with Gasteiger partial charge in [-0.25, -0.2) is 4.39 Å². The SMILES string of the molecule is CNC(O)c1c(-c2ccc(F)cc2)oc2cnc(-c3cc(C(=O)NC4(c5ccccn5)CC4)ccc3C)cc12. The Balaban J connectivity index is 1.38. The zero-order chi connectivity index (χ0) is 27.1. The van der Waals surface area contributed by atoms with E-state index in [0.29, 0.717) is 39.1 Å². The van der Waals surface area contributed by atoms with Crippen molar-refractivity contribution >= 4 is 16.9 Å². The molecule has 1 amide bonds. The van der Waals surface area contributed by atoms with Gasteiger partial charge in [-0.15, -0.1) is 0 Å². The van der Waals surface area contributed by atoms with Gasteiger partial charge < -0.3 is 14.8 Å². The number of benzene rings is 2. The highest BCUT2D eigenvalue weighted by Crippen LogP contribution is 2.45. The summed E-state index contributed by atoms with van der Waals surface area (Å²) in [7, 11) is 1.64. The first-order valence-corrected chi connectivity index (χ1v) is 12.8. The third kappa shape index (κ3) is 4.58. The topological polar surface area (TPSA) is 100 Å². The highest BCUT2D eigenvalue weighted by molar-refractivity contribution is 5.97. The fourth-order valence-corrected chi connectivity index (χ4v) is 4.95. The Morgan fingerprint density at radius 2 is 1.87 bits per heavy atom. The zero-order valence-corrected chi connectivity index (χ0v) is 21.5. The van der Waals surface area contributed by atoms with Crippen LogP contribution >= 0.6 is 0 Å². The molecule has 2 aromatic carbocycles. The van der Waals surface area contributed by atoms with Crippen molar-refractivity contribution in [1.29, 1.82) is 0 Å². The number of hydrogen-bond acceptors (Lipinski definition) is 6. The number of fused-ring (bicyclic) bond motifs is 1. The summed E-state index contributed by atoms with van der Waals surface area (Å²) in [6.07, 6.45) is 4.02. The Kier molecular flexibility index (Phi) is 6.21. The normalized spacial score (nSPS) is 14.8. The summed E-state index contributed by atoms with van der Waals surface area (Å²) >= 11 is 0. The number of aliphatic hydroxyl groups excluding tert-OH is 1. The Morgan fingerprint density at radius 1 is 1.08 bits per heavy atom. The lowest BCUT2D eigenvalue weighted by Crippen LogP contribution is -2.35. The van der Waals surface area contributed by atoms with Crippen molar-refractivity contribution in [1.82, 2.24) is 20.6 Å². The fraction of sp³-hybridized carbons (Fsp3) is 0.194. The Hall–Kier alpha value is -4.40. The van der Waals surface area contributed by atoms with Crippen LogP contribution in [0.25, 0.3) is 33.6 Å². The first-order valence-electron chi connectivity index (χ1n) is 12.8. The van der Waals surface area contributed by atoms with Gasteiger partial charge in [-0.2, -0.15) is 0 Å². The molecule has 0 saturated heterocycles. The van der Waals surface area contributed by atoms with E-state index in [2.05, 4.69) is 20.6 Å². The van der Waals surface area contributed by atoms with Crippen LogP contribution in [0, 0.1) is 12.7 Å². The molecule has 1 unspecified atom stereocenters. The molecule has 7 nitrogen and oxygen atoms in total. The summed E-state index contributed by atoms with van der Waals surface area (Å²) < 4.78 is 19.6. The molecule has 8 heteroatoms. The van der Waals surface area contributed by atoms with E-state index in [-0.39, 0.29) is 11.7 Å². The number of furan rings is 1. The number of carbonyl (C=O) groups excluding carboxylic acids is 1. The third-order valence-electron chi connectivity index (χ3n) is 7.30. The highest BCUT2D eigenvalue weighted by atomic mass is 19.1. The number of aliphatic hydroxyl groups is 1. The highest BCUT2D eigenvalue weighted by Gasteiger charge is 2.47. The van der Waals surface area contributed by atoms with Gasteiger partial charge in [0.05, 0.1) is 23.1 Å². The van der Waals surface area contributed by atoms with Gasteiger partial charge in [0.2, 0.25) is 0 Å². The molecule has 1 saturated carbocycles. The minimum Gasteiger partial charge on any atom is -0.454 e. The molecule has 0 radical (unpaired) electrons. The average molecular weight is 523 g/mol. The van der Waals surface area contributed by atoms with Crippen molar-refractivity contribution in [3.63, 3.8) is 0 Å².